The SMILES string of the molecule is CS(=O)(=O)Nc1ccn(C(=O)N2CCC3(CCCN3Cc3cccc(N4CCOCC4)c3Cl)CC2)n1. The van der Waals surface area contributed by atoms with Gasteiger partial charge in [-0.2, -0.15) is 4.68 Å². The molecule has 3 saturated heterocycles. The van der Waals surface area contributed by atoms with Crippen molar-refractivity contribution < 1.29 is 17.9 Å². The second kappa shape index (κ2) is 10.2. The molecule has 0 saturated carbocycles. The molecule has 3 aliphatic heterocycles. The highest BCUT2D eigenvalue weighted by molar-refractivity contribution is 7.92. The molecule has 5 rings (SSSR count). The molecule has 2 aromatic rings. The molecule has 1 spiro atoms. The third-order valence-electron chi connectivity index (χ3n) is 7.55. The van der Waals surface area contributed by atoms with Gasteiger partial charge in [-0.1, -0.05) is 23.7 Å². The van der Waals surface area contributed by atoms with Gasteiger partial charge in [0.05, 0.1) is 30.2 Å². The zero-order valence-electron chi connectivity index (χ0n) is 20.5. The first-order valence-electron chi connectivity index (χ1n) is 12.4. The standard InChI is InChI=1S/C24H33ClN6O4S/c1-36(33,34)27-21-6-11-31(26-21)23(32)29-12-8-24(9-13-29)7-3-10-30(24)18-19-4-2-5-20(22(19)25)28-14-16-35-17-15-28/h2,4-6,11H,3,7-10,12-18H2,1H3,(H,26,27). The van der Waals surface area contributed by atoms with E-state index < -0.39 is 10.0 Å². The molecular formula is C24H33ClN6O4S. The maximum absolute atomic E-state index is 13.0. The van der Waals surface area contributed by atoms with Crippen molar-refractivity contribution >= 4 is 39.2 Å². The van der Waals surface area contributed by atoms with Gasteiger partial charge in [0.1, 0.15) is 0 Å². The second-order valence-electron chi connectivity index (χ2n) is 9.89. The summed E-state index contributed by atoms with van der Waals surface area (Å²) in [5.41, 5.74) is 2.28. The van der Waals surface area contributed by atoms with E-state index in [4.69, 9.17) is 16.3 Å². The van der Waals surface area contributed by atoms with E-state index in [1.165, 1.54) is 16.9 Å². The molecule has 1 aromatic carbocycles. The minimum absolute atomic E-state index is 0.0577. The Kier molecular flexibility index (Phi) is 7.17. The van der Waals surface area contributed by atoms with Crippen molar-refractivity contribution in [3.8, 4) is 0 Å². The summed E-state index contributed by atoms with van der Waals surface area (Å²) in [6, 6.07) is 7.55. The fraction of sp³-hybridized carbons (Fsp3) is 0.583. The van der Waals surface area contributed by atoms with Crippen molar-refractivity contribution in [1.82, 2.24) is 19.6 Å². The molecule has 0 aliphatic carbocycles. The van der Waals surface area contributed by atoms with Gasteiger partial charge >= 0.3 is 6.03 Å². The number of hydrogen-bond donors (Lipinski definition) is 1. The number of nitrogens with zero attached hydrogens (tertiary/aromatic N) is 5. The van der Waals surface area contributed by atoms with E-state index in [1.54, 1.807) is 4.90 Å². The molecule has 196 valence electrons. The molecule has 1 amide bonds. The summed E-state index contributed by atoms with van der Waals surface area (Å²) >= 11 is 6.91. The van der Waals surface area contributed by atoms with Crippen molar-refractivity contribution in [3.05, 3.63) is 41.0 Å². The highest BCUT2D eigenvalue weighted by atomic mass is 35.5. The number of halogens is 1. The summed E-state index contributed by atoms with van der Waals surface area (Å²) in [5, 5.41) is 4.91. The summed E-state index contributed by atoms with van der Waals surface area (Å²) in [6.07, 6.45) is 6.56. The lowest BCUT2D eigenvalue weighted by Crippen LogP contribution is -2.53. The van der Waals surface area contributed by atoms with E-state index in [0.717, 1.165) is 87.6 Å². The molecule has 0 atom stereocenters. The number of anilines is 2. The highest BCUT2D eigenvalue weighted by Crippen LogP contribution is 2.41. The Hall–Kier alpha value is -2.34. The van der Waals surface area contributed by atoms with Gasteiger partial charge < -0.3 is 14.5 Å². The summed E-state index contributed by atoms with van der Waals surface area (Å²) in [5.74, 6) is 0.137. The zero-order chi connectivity index (χ0) is 25.3. The Bertz CT molecular complexity index is 1200. The number of amides is 1. The number of likely N-dealkylation sites (tertiary alicyclic amines) is 2. The van der Waals surface area contributed by atoms with Gasteiger partial charge in [0.2, 0.25) is 10.0 Å². The van der Waals surface area contributed by atoms with Gasteiger partial charge in [0.25, 0.3) is 0 Å². The lowest BCUT2D eigenvalue weighted by atomic mass is 9.84. The fourth-order valence-corrected chi connectivity index (χ4v) is 6.48. The topological polar surface area (TPSA) is 100 Å². The second-order valence-corrected chi connectivity index (χ2v) is 12.0. The van der Waals surface area contributed by atoms with Crippen LogP contribution in [0.2, 0.25) is 5.02 Å². The first-order valence-corrected chi connectivity index (χ1v) is 14.7. The number of nitrogens with one attached hydrogen (secondary N) is 1. The fourth-order valence-electron chi connectivity index (χ4n) is 5.68. The maximum Gasteiger partial charge on any atom is 0.344 e. The van der Waals surface area contributed by atoms with Crippen LogP contribution in [0.5, 0.6) is 0 Å². The van der Waals surface area contributed by atoms with Crippen LogP contribution in [-0.2, 0) is 21.3 Å². The molecular weight excluding hydrogens is 504 g/mol. The lowest BCUT2D eigenvalue weighted by Gasteiger charge is -2.45. The van der Waals surface area contributed by atoms with E-state index >= 15 is 0 Å². The molecule has 3 aliphatic rings. The molecule has 1 N–H and O–H groups in total. The molecule has 0 radical (unpaired) electrons. The lowest BCUT2D eigenvalue weighted by molar-refractivity contribution is 0.0585. The molecule has 36 heavy (non-hydrogen) atoms. The number of hydrogen-bond acceptors (Lipinski definition) is 7. The van der Waals surface area contributed by atoms with E-state index in [0.29, 0.717) is 13.1 Å². The number of carbonyl (C=O) groups excluding carboxylic acids is 1. The quantitative estimate of drug-likeness (QED) is 0.627. The van der Waals surface area contributed by atoms with Crippen LogP contribution in [0.3, 0.4) is 0 Å². The normalized spacial score (nSPS) is 20.7. The van der Waals surface area contributed by atoms with Gasteiger partial charge in [-0.3, -0.25) is 9.62 Å². The summed E-state index contributed by atoms with van der Waals surface area (Å²) in [7, 11) is -3.45. The average Bonchev–Trinajstić information content (AvgIpc) is 3.47. The largest absolute Gasteiger partial charge is 0.378 e. The number of morpholine rings is 1. The Morgan fingerprint density at radius 1 is 1.11 bits per heavy atom. The molecule has 10 nitrogen and oxygen atoms in total. The predicted octanol–water partition coefficient (Wildman–Crippen LogP) is 2.84. The van der Waals surface area contributed by atoms with E-state index in [9.17, 15) is 13.2 Å². The Morgan fingerprint density at radius 3 is 2.58 bits per heavy atom. The van der Waals surface area contributed by atoms with Crippen LogP contribution in [0.25, 0.3) is 0 Å². The van der Waals surface area contributed by atoms with Crippen molar-refractivity contribution in [2.24, 2.45) is 0 Å². The molecule has 1 aromatic heterocycles. The van der Waals surface area contributed by atoms with Crippen LogP contribution in [-0.4, -0.2) is 91.8 Å². The van der Waals surface area contributed by atoms with Crippen LogP contribution >= 0.6 is 11.6 Å². The summed E-state index contributed by atoms with van der Waals surface area (Å²) < 4.78 is 31.9. The van der Waals surface area contributed by atoms with Crippen molar-refractivity contribution in [3.63, 3.8) is 0 Å². The molecule has 0 unspecified atom stereocenters. The Morgan fingerprint density at radius 2 is 1.86 bits per heavy atom. The average molecular weight is 537 g/mol. The molecule has 0 bridgehead atoms. The predicted molar refractivity (Wildman–Crippen MR) is 139 cm³/mol. The summed E-state index contributed by atoms with van der Waals surface area (Å²) in [6.45, 7) is 6.22. The van der Waals surface area contributed by atoms with Crippen molar-refractivity contribution in [2.45, 2.75) is 37.8 Å². The van der Waals surface area contributed by atoms with Crippen LogP contribution in [0.4, 0.5) is 16.3 Å². The number of benzene rings is 1. The molecule has 3 fully saturated rings. The van der Waals surface area contributed by atoms with Gasteiger partial charge in [-0.25, -0.2) is 13.2 Å². The van der Waals surface area contributed by atoms with Gasteiger partial charge in [0, 0.05) is 50.5 Å². The van der Waals surface area contributed by atoms with Crippen LogP contribution in [0, 0.1) is 0 Å². The minimum atomic E-state index is -3.45. The van der Waals surface area contributed by atoms with E-state index in [1.807, 2.05) is 0 Å². The monoisotopic (exact) mass is 536 g/mol. The van der Waals surface area contributed by atoms with Gasteiger partial charge in [-0.15, -0.1) is 5.10 Å². The molecule has 12 heteroatoms. The summed E-state index contributed by atoms with van der Waals surface area (Å²) in [4.78, 5) is 19.6. The van der Waals surface area contributed by atoms with Crippen LogP contribution < -0.4 is 9.62 Å². The first kappa shape index (κ1) is 25.3. The van der Waals surface area contributed by atoms with Crippen LogP contribution in [0.15, 0.2) is 30.5 Å². The van der Waals surface area contributed by atoms with E-state index in [2.05, 4.69) is 37.8 Å². The Labute approximate surface area is 217 Å². The van der Waals surface area contributed by atoms with Crippen molar-refractivity contribution in [2.75, 3.05) is 61.8 Å². The van der Waals surface area contributed by atoms with Crippen molar-refractivity contribution in [1.29, 1.82) is 0 Å². The zero-order valence-corrected chi connectivity index (χ0v) is 22.1. The first-order chi connectivity index (χ1) is 17.2. The minimum Gasteiger partial charge on any atom is -0.378 e. The van der Waals surface area contributed by atoms with Gasteiger partial charge in [0.15, 0.2) is 5.82 Å². The smallest absolute Gasteiger partial charge is 0.344 e. The Balaban J connectivity index is 1.24. The van der Waals surface area contributed by atoms with Gasteiger partial charge in [-0.05, 0) is 43.9 Å². The number of aromatic nitrogens is 2. The number of rotatable bonds is 5. The third kappa shape index (κ3) is 5.34. The maximum atomic E-state index is 13.0. The highest BCUT2D eigenvalue weighted by Gasteiger charge is 2.44. The van der Waals surface area contributed by atoms with E-state index in [-0.39, 0.29) is 17.4 Å². The van der Waals surface area contributed by atoms with Crippen LogP contribution in [0.1, 0.15) is 31.2 Å². The number of piperidine rings is 1. The number of carbonyl (C=O) groups is 1. The number of ether oxygens (including phenoxy) is 1. The molecule has 4 heterocycles. The number of sulfonamides is 1. The third-order valence-corrected chi connectivity index (χ3v) is 8.57.